The second kappa shape index (κ2) is 10.4. The molecule has 1 aromatic heterocycles. The number of rotatable bonds is 8. The van der Waals surface area contributed by atoms with Crippen molar-refractivity contribution in [2.45, 2.75) is 20.1 Å². The minimum atomic E-state index is 0.329. The van der Waals surface area contributed by atoms with Gasteiger partial charge in [0.2, 0.25) is 0 Å². The molecule has 3 aromatic rings. The summed E-state index contributed by atoms with van der Waals surface area (Å²) in [5, 5.41) is 14.4. The van der Waals surface area contributed by atoms with E-state index in [-0.39, 0.29) is 0 Å². The van der Waals surface area contributed by atoms with Crippen LogP contribution in [-0.2, 0) is 18.0 Å². The van der Waals surface area contributed by atoms with Crippen LogP contribution in [0, 0.1) is 18.3 Å². The molecule has 1 heterocycles. The fourth-order valence-corrected chi connectivity index (χ4v) is 3.04. The van der Waals surface area contributed by atoms with Crippen molar-refractivity contribution in [1.29, 1.82) is 5.26 Å². The van der Waals surface area contributed by atoms with Gasteiger partial charge in [0, 0.05) is 29.0 Å². The summed E-state index contributed by atoms with van der Waals surface area (Å²) in [4.78, 5) is 4.37. The lowest BCUT2D eigenvalue weighted by Crippen LogP contribution is -2.03. The van der Waals surface area contributed by atoms with E-state index in [1.807, 2.05) is 61.5 Å². The summed E-state index contributed by atoms with van der Waals surface area (Å²) in [6.07, 6.45) is 1.64. The smallest absolute Gasteiger partial charge is 0.164 e. The van der Waals surface area contributed by atoms with E-state index >= 15 is 0 Å². The van der Waals surface area contributed by atoms with Crippen molar-refractivity contribution in [2.24, 2.45) is 5.10 Å². The van der Waals surface area contributed by atoms with Crippen LogP contribution in [0.1, 0.15) is 27.9 Å². The number of aromatic nitrogens is 1. The van der Waals surface area contributed by atoms with Gasteiger partial charge < -0.3 is 9.47 Å². The molecule has 152 valence electrons. The van der Waals surface area contributed by atoms with E-state index in [1.165, 1.54) is 0 Å². The molecule has 0 spiro atoms. The van der Waals surface area contributed by atoms with Crippen molar-refractivity contribution >= 4 is 23.6 Å². The highest BCUT2D eigenvalue weighted by molar-refractivity contribution is 6.31. The Bertz CT molecular complexity index is 1090. The van der Waals surface area contributed by atoms with Gasteiger partial charge in [-0.1, -0.05) is 41.9 Å². The van der Waals surface area contributed by atoms with Crippen LogP contribution >= 0.6 is 11.6 Å². The maximum absolute atomic E-state index is 9.48. The Morgan fingerprint density at radius 2 is 1.97 bits per heavy atom. The van der Waals surface area contributed by atoms with Crippen LogP contribution < -0.4 is 10.2 Å². The zero-order chi connectivity index (χ0) is 21.3. The number of pyridine rings is 1. The second-order valence-electron chi connectivity index (χ2n) is 6.51. The molecule has 0 amide bonds. The Labute approximate surface area is 180 Å². The molecule has 2 aromatic carbocycles. The first-order valence-electron chi connectivity index (χ1n) is 9.25. The van der Waals surface area contributed by atoms with E-state index in [4.69, 9.17) is 21.1 Å². The largest absolute Gasteiger partial charge is 0.489 e. The van der Waals surface area contributed by atoms with Crippen LogP contribution in [0.2, 0.25) is 5.02 Å². The van der Waals surface area contributed by atoms with Crippen molar-refractivity contribution in [3.05, 3.63) is 87.6 Å². The molecule has 3 rings (SSSR count). The molecular formula is C23H21ClN4O2. The number of ether oxygens (including phenoxy) is 2. The molecule has 30 heavy (non-hydrogen) atoms. The highest BCUT2D eigenvalue weighted by atomic mass is 35.5. The molecule has 0 bridgehead atoms. The van der Waals surface area contributed by atoms with Crippen LogP contribution in [-0.4, -0.2) is 18.3 Å². The van der Waals surface area contributed by atoms with Gasteiger partial charge in [-0.2, -0.15) is 10.4 Å². The summed E-state index contributed by atoms with van der Waals surface area (Å²) in [7, 11) is 1.59. The molecule has 0 fully saturated rings. The van der Waals surface area contributed by atoms with Crippen molar-refractivity contribution < 1.29 is 9.47 Å². The number of anilines is 1. The molecule has 0 saturated heterocycles. The first kappa shape index (κ1) is 21.3. The molecule has 0 aliphatic carbocycles. The fraction of sp³-hybridized carbons (Fsp3) is 0.174. The van der Waals surface area contributed by atoms with E-state index in [0.717, 1.165) is 22.4 Å². The topological polar surface area (TPSA) is 79.5 Å². The molecule has 6 nitrogen and oxygen atoms in total. The Hall–Kier alpha value is -3.40. The van der Waals surface area contributed by atoms with E-state index in [9.17, 15) is 5.26 Å². The summed E-state index contributed by atoms with van der Waals surface area (Å²) < 4.78 is 11.0. The van der Waals surface area contributed by atoms with E-state index in [1.54, 1.807) is 13.3 Å². The lowest BCUT2D eigenvalue weighted by atomic mass is 10.1. The van der Waals surface area contributed by atoms with Crippen LogP contribution in [0.4, 0.5) is 5.82 Å². The summed E-state index contributed by atoms with van der Waals surface area (Å²) in [6.45, 7) is 2.56. The third kappa shape index (κ3) is 5.57. The SMILES string of the molecule is COCc1cc(C)nc(N/N=C/c2cccc(OCc3ccccc3Cl)c2)c1C#N. The van der Waals surface area contributed by atoms with Gasteiger partial charge in [0.05, 0.1) is 12.8 Å². The summed E-state index contributed by atoms with van der Waals surface area (Å²) >= 11 is 6.17. The average Bonchev–Trinajstić information content (AvgIpc) is 2.74. The lowest BCUT2D eigenvalue weighted by molar-refractivity contribution is 0.184. The Morgan fingerprint density at radius 1 is 1.13 bits per heavy atom. The molecule has 7 heteroatoms. The number of hydrogen-bond acceptors (Lipinski definition) is 6. The van der Waals surface area contributed by atoms with E-state index < -0.39 is 0 Å². The molecular weight excluding hydrogens is 400 g/mol. The van der Waals surface area contributed by atoms with E-state index in [0.29, 0.717) is 35.4 Å². The van der Waals surface area contributed by atoms with Gasteiger partial charge in [-0.15, -0.1) is 0 Å². The number of nitrogens with zero attached hydrogens (tertiary/aromatic N) is 3. The van der Waals surface area contributed by atoms with E-state index in [2.05, 4.69) is 21.6 Å². The number of halogens is 1. The highest BCUT2D eigenvalue weighted by Crippen LogP contribution is 2.20. The van der Waals surface area contributed by atoms with Crippen LogP contribution in [0.3, 0.4) is 0 Å². The first-order chi connectivity index (χ1) is 14.6. The number of methoxy groups -OCH3 is 1. The predicted molar refractivity (Wildman–Crippen MR) is 118 cm³/mol. The molecule has 0 radical (unpaired) electrons. The normalized spacial score (nSPS) is 10.7. The predicted octanol–water partition coefficient (Wildman–Crippen LogP) is 5.09. The molecule has 0 saturated carbocycles. The Kier molecular flexibility index (Phi) is 7.39. The van der Waals surface area contributed by atoms with Gasteiger partial charge in [-0.25, -0.2) is 4.98 Å². The summed E-state index contributed by atoms with van der Waals surface area (Å²) in [5.41, 5.74) is 6.56. The van der Waals surface area contributed by atoms with Crippen LogP contribution in [0.5, 0.6) is 5.75 Å². The molecule has 0 aliphatic heterocycles. The zero-order valence-electron chi connectivity index (χ0n) is 16.7. The van der Waals surface area contributed by atoms with Gasteiger partial charge in [0.1, 0.15) is 24.0 Å². The zero-order valence-corrected chi connectivity index (χ0v) is 17.5. The minimum absolute atomic E-state index is 0.329. The molecule has 0 aliphatic rings. The third-order valence-electron chi connectivity index (χ3n) is 4.24. The number of nitriles is 1. The molecule has 1 N–H and O–H groups in total. The maximum Gasteiger partial charge on any atom is 0.164 e. The Balaban J connectivity index is 1.70. The van der Waals surface area contributed by atoms with Gasteiger partial charge in [-0.05, 0) is 36.8 Å². The number of hydrogen-bond donors (Lipinski definition) is 1. The van der Waals surface area contributed by atoms with Crippen molar-refractivity contribution in [3.63, 3.8) is 0 Å². The lowest BCUT2D eigenvalue weighted by Gasteiger charge is -2.09. The number of nitrogens with one attached hydrogen (secondary N) is 1. The standard InChI is InChI=1S/C23H21ClN4O2/c1-16-10-19(14-29-2)21(12-25)23(27-16)28-26-13-17-6-5-8-20(11-17)30-15-18-7-3-4-9-22(18)24/h3-11,13H,14-15H2,1-2H3,(H,27,28)/b26-13+. The third-order valence-corrected chi connectivity index (χ3v) is 4.60. The monoisotopic (exact) mass is 420 g/mol. The van der Waals surface area contributed by atoms with Crippen molar-refractivity contribution in [3.8, 4) is 11.8 Å². The summed E-state index contributed by atoms with van der Waals surface area (Å²) in [6, 6.07) is 19.1. The number of benzene rings is 2. The minimum Gasteiger partial charge on any atom is -0.489 e. The quantitative estimate of drug-likeness (QED) is 0.405. The van der Waals surface area contributed by atoms with Crippen LogP contribution in [0.15, 0.2) is 59.7 Å². The summed E-state index contributed by atoms with van der Waals surface area (Å²) in [5.74, 6) is 1.10. The highest BCUT2D eigenvalue weighted by Gasteiger charge is 2.10. The van der Waals surface area contributed by atoms with Crippen molar-refractivity contribution in [2.75, 3.05) is 12.5 Å². The first-order valence-corrected chi connectivity index (χ1v) is 9.63. The van der Waals surface area contributed by atoms with Crippen molar-refractivity contribution in [1.82, 2.24) is 4.98 Å². The van der Waals surface area contributed by atoms with Gasteiger partial charge in [0.15, 0.2) is 5.82 Å². The fourth-order valence-electron chi connectivity index (χ4n) is 2.85. The van der Waals surface area contributed by atoms with Crippen LogP contribution in [0.25, 0.3) is 0 Å². The second-order valence-corrected chi connectivity index (χ2v) is 6.92. The number of hydrazone groups is 1. The van der Waals surface area contributed by atoms with Gasteiger partial charge in [-0.3, -0.25) is 5.43 Å². The average molecular weight is 421 g/mol. The van der Waals surface area contributed by atoms with Gasteiger partial charge >= 0.3 is 0 Å². The Morgan fingerprint density at radius 3 is 2.73 bits per heavy atom. The molecule has 0 atom stereocenters. The number of aryl methyl sites for hydroxylation is 1. The van der Waals surface area contributed by atoms with Gasteiger partial charge in [0.25, 0.3) is 0 Å². The molecule has 0 unspecified atom stereocenters. The maximum atomic E-state index is 9.48.